The van der Waals surface area contributed by atoms with Crippen LogP contribution in [0.2, 0.25) is 0 Å². The molecule has 0 saturated heterocycles. The van der Waals surface area contributed by atoms with Gasteiger partial charge in [0.15, 0.2) is 0 Å². The van der Waals surface area contributed by atoms with E-state index in [9.17, 15) is 0 Å². The summed E-state index contributed by atoms with van der Waals surface area (Å²) in [5.74, 6) is 1.77. The Bertz CT molecular complexity index is 338. The standard InChI is InChI=1S/C14H21NO/c1-11-3-5-13(6-4-11)16-10-14(9-15)7-12(2)8-14/h3-6,12H,7-10,15H2,1-2H3. The highest BCUT2D eigenvalue weighted by Crippen LogP contribution is 2.44. The molecule has 0 amide bonds. The summed E-state index contributed by atoms with van der Waals surface area (Å²) < 4.78 is 5.83. The van der Waals surface area contributed by atoms with Crippen LogP contribution in [-0.2, 0) is 0 Å². The van der Waals surface area contributed by atoms with Gasteiger partial charge in [-0.25, -0.2) is 0 Å². The van der Waals surface area contributed by atoms with E-state index in [4.69, 9.17) is 10.5 Å². The third kappa shape index (κ3) is 2.38. The maximum absolute atomic E-state index is 5.84. The zero-order chi connectivity index (χ0) is 11.6. The summed E-state index contributed by atoms with van der Waals surface area (Å²) >= 11 is 0. The van der Waals surface area contributed by atoms with Crippen molar-refractivity contribution in [2.45, 2.75) is 26.7 Å². The molecule has 0 radical (unpaired) electrons. The average molecular weight is 219 g/mol. The topological polar surface area (TPSA) is 35.2 Å². The van der Waals surface area contributed by atoms with Crippen molar-refractivity contribution >= 4 is 0 Å². The number of nitrogens with two attached hydrogens (primary N) is 1. The zero-order valence-corrected chi connectivity index (χ0v) is 10.2. The highest BCUT2D eigenvalue weighted by Gasteiger charge is 2.41. The first-order valence-corrected chi connectivity index (χ1v) is 6.03. The summed E-state index contributed by atoms with van der Waals surface area (Å²) in [6, 6.07) is 8.21. The molecular formula is C14H21NO. The molecule has 2 nitrogen and oxygen atoms in total. The van der Waals surface area contributed by atoms with Crippen molar-refractivity contribution in [2.75, 3.05) is 13.2 Å². The van der Waals surface area contributed by atoms with Gasteiger partial charge in [0.2, 0.25) is 0 Å². The Morgan fingerprint density at radius 2 is 1.94 bits per heavy atom. The first-order valence-electron chi connectivity index (χ1n) is 6.03. The van der Waals surface area contributed by atoms with Gasteiger partial charge in [-0.1, -0.05) is 24.6 Å². The van der Waals surface area contributed by atoms with Gasteiger partial charge < -0.3 is 10.5 Å². The molecule has 2 rings (SSSR count). The van der Waals surface area contributed by atoms with Crippen LogP contribution in [0.15, 0.2) is 24.3 Å². The lowest BCUT2D eigenvalue weighted by molar-refractivity contribution is 0.0211. The number of hydrogen-bond donors (Lipinski definition) is 1. The molecule has 1 aromatic carbocycles. The van der Waals surface area contributed by atoms with Gasteiger partial charge in [0.25, 0.3) is 0 Å². The second-order valence-corrected chi connectivity index (χ2v) is 5.32. The van der Waals surface area contributed by atoms with Gasteiger partial charge >= 0.3 is 0 Å². The number of benzene rings is 1. The van der Waals surface area contributed by atoms with Gasteiger partial charge in [-0.05, 0) is 37.8 Å². The van der Waals surface area contributed by atoms with Crippen molar-refractivity contribution in [3.05, 3.63) is 29.8 Å². The molecule has 16 heavy (non-hydrogen) atoms. The maximum Gasteiger partial charge on any atom is 0.119 e. The minimum absolute atomic E-state index is 0.240. The lowest BCUT2D eigenvalue weighted by Crippen LogP contribution is -2.46. The van der Waals surface area contributed by atoms with Crippen LogP contribution in [0.3, 0.4) is 0 Å². The largest absolute Gasteiger partial charge is 0.493 e. The molecular weight excluding hydrogens is 198 g/mol. The predicted octanol–water partition coefficient (Wildman–Crippen LogP) is 2.75. The fourth-order valence-electron chi connectivity index (χ4n) is 2.63. The molecule has 0 atom stereocenters. The molecule has 2 heteroatoms. The number of rotatable bonds is 4. The van der Waals surface area contributed by atoms with E-state index in [1.807, 2.05) is 12.1 Å². The van der Waals surface area contributed by atoms with E-state index in [-0.39, 0.29) is 5.41 Å². The molecule has 0 aliphatic heterocycles. The van der Waals surface area contributed by atoms with E-state index in [1.54, 1.807) is 0 Å². The summed E-state index contributed by atoms with van der Waals surface area (Å²) in [7, 11) is 0. The fourth-order valence-corrected chi connectivity index (χ4v) is 2.63. The van der Waals surface area contributed by atoms with Crippen LogP contribution in [0.25, 0.3) is 0 Å². The minimum atomic E-state index is 0.240. The molecule has 0 aromatic heterocycles. The molecule has 1 aliphatic rings. The third-order valence-electron chi connectivity index (χ3n) is 3.56. The molecule has 0 bridgehead atoms. The van der Waals surface area contributed by atoms with E-state index >= 15 is 0 Å². The van der Waals surface area contributed by atoms with Crippen LogP contribution in [0.4, 0.5) is 0 Å². The first kappa shape index (κ1) is 11.5. The van der Waals surface area contributed by atoms with Crippen LogP contribution in [0.5, 0.6) is 5.75 Å². The number of aryl methyl sites for hydroxylation is 1. The SMILES string of the molecule is Cc1ccc(OCC2(CN)CC(C)C2)cc1. The first-order chi connectivity index (χ1) is 7.63. The summed E-state index contributed by atoms with van der Waals surface area (Å²) in [5, 5.41) is 0. The fraction of sp³-hybridized carbons (Fsp3) is 0.571. The van der Waals surface area contributed by atoms with Crippen molar-refractivity contribution in [3.63, 3.8) is 0 Å². The van der Waals surface area contributed by atoms with Crippen molar-refractivity contribution in [2.24, 2.45) is 17.1 Å². The van der Waals surface area contributed by atoms with E-state index in [2.05, 4.69) is 26.0 Å². The van der Waals surface area contributed by atoms with Gasteiger partial charge in [-0.2, -0.15) is 0 Å². The Kier molecular flexibility index (Phi) is 3.20. The lowest BCUT2D eigenvalue weighted by Gasteiger charge is -2.45. The predicted molar refractivity (Wildman–Crippen MR) is 66.6 cm³/mol. The maximum atomic E-state index is 5.84. The molecule has 1 aliphatic carbocycles. The summed E-state index contributed by atoms with van der Waals surface area (Å²) in [6.45, 7) is 5.86. The normalized spacial score (nSPS) is 28.6. The Morgan fingerprint density at radius 1 is 1.31 bits per heavy atom. The second-order valence-electron chi connectivity index (χ2n) is 5.32. The Balaban J connectivity index is 1.89. The van der Waals surface area contributed by atoms with Gasteiger partial charge in [0, 0.05) is 12.0 Å². The lowest BCUT2D eigenvalue weighted by atomic mass is 9.63. The van der Waals surface area contributed by atoms with E-state index < -0.39 is 0 Å². The van der Waals surface area contributed by atoms with Gasteiger partial charge in [0.05, 0.1) is 6.61 Å². The van der Waals surface area contributed by atoms with Crippen LogP contribution in [-0.4, -0.2) is 13.2 Å². The van der Waals surface area contributed by atoms with E-state index in [0.717, 1.165) is 24.8 Å². The average Bonchev–Trinajstić information content (AvgIpc) is 2.25. The summed E-state index contributed by atoms with van der Waals surface area (Å²) in [4.78, 5) is 0. The highest BCUT2D eigenvalue weighted by atomic mass is 16.5. The monoisotopic (exact) mass is 219 g/mol. The smallest absolute Gasteiger partial charge is 0.119 e. The second kappa shape index (κ2) is 4.46. The van der Waals surface area contributed by atoms with Crippen molar-refractivity contribution in [1.82, 2.24) is 0 Å². The highest BCUT2D eigenvalue weighted by molar-refractivity contribution is 5.26. The van der Waals surface area contributed by atoms with Crippen LogP contribution >= 0.6 is 0 Å². The molecule has 1 aromatic rings. The minimum Gasteiger partial charge on any atom is -0.493 e. The molecule has 2 N–H and O–H groups in total. The van der Waals surface area contributed by atoms with Crippen LogP contribution in [0.1, 0.15) is 25.3 Å². The Morgan fingerprint density at radius 3 is 2.44 bits per heavy atom. The van der Waals surface area contributed by atoms with E-state index in [1.165, 1.54) is 18.4 Å². The van der Waals surface area contributed by atoms with Gasteiger partial charge in [0.1, 0.15) is 5.75 Å². The van der Waals surface area contributed by atoms with Crippen molar-refractivity contribution in [1.29, 1.82) is 0 Å². The quantitative estimate of drug-likeness (QED) is 0.845. The van der Waals surface area contributed by atoms with Crippen LogP contribution in [0, 0.1) is 18.3 Å². The molecule has 88 valence electrons. The summed E-state index contributed by atoms with van der Waals surface area (Å²) in [6.07, 6.45) is 2.41. The molecule has 0 unspecified atom stereocenters. The Hall–Kier alpha value is -1.02. The molecule has 0 spiro atoms. The van der Waals surface area contributed by atoms with Crippen LogP contribution < -0.4 is 10.5 Å². The third-order valence-corrected chi connectivity index (χ3v) is 3.56. The van der Waals surface area contributed by atoms with E-state index in [0.29, 0.717) is 0 Å². The zero-order valence-electron chi connectivity index (χ0n) is 10.2. The Labute approximate surface area is 97.8 Å². The number of hydrogen-bond acceptors (Lipinski definition) is 2. The molecule has 1 saturated carbocycles. The number of ether oxygens (including phenoxy) is 1. The van der Waals surface area contributed by atoms with Gasteiger partial charge in [-0.3, -0.25) is 0 Å². The molecule has 0 heterocycles. The molecule has 1 fully saturated rings. The van der Waals surface area contributed by atoms with Gasteiger partial charge in [-0.15, -0.1) is 0 Å². The van der Waals surface area contributed by atoms with Crippen molar-refractivity contribution in [3.8, 4) is 5.75 Å². The summed E-state index contributed by atoms with van der Waals surface area (Å²) in [5.41, 5.74) is 7.34. The van der Waals surface area contributed by atoms with Crippen molar-refractivity contribution < 1.29 is 4.74 Å².